The maximum absolute atomic E-state index is 2.46. The largest absolute Gasteiger partial charge is 0.310 e. The Morgan fingerprint density at radius 1 is 0.432 bits per heavy atom. The lowest BCUT2D eigenvalue weighted by molar-refractivity contribution is 0.968. The molecule has 2 nitrogen and oxygen atoms in total. The molecule has 212 valence electrons. The highest BCUT2D eigenvalue weighted by atomic mass is 15.2. The van der Waals surface area contributed by atoms with E-state index in [9.17, 15) is 0 Å². The van der Waals surface area contributed by atoms with Gasteiger partial charge in [0.1, 0.15) is 0 Å². The number of anilines is 5. The molecule has 1 aliphatic rings. The van der Waals surface area contributed by atoms with Gasteiger partial charge in [-0.1, -0.05) is 103 Å². The smallest absolute Gasteiger partial charge is 0.0540 e. The summed E-state index contributed by atoms with van der Waals surface area (Å²) in [4.78, 5) is 4.88. The first kappa shape index (κ1) is 26.3. The molecule has 8 rings (SSSR count). The number of rotatable bonds is 6. The summed E-state index contributed by atoms with van der Waals surface area (Å²) < 4.78 is 0. The highest BCUT2D eigenvalue weighted by Crippen LogP contribution is 2.47. The van der Waals surface area contributed by atoms with Gasteiger partial charge in [0.25, 0.3) is 0 Å². The molecule has 0 saturated heterocycles. The minimum absolute atomic E-state index is 1.05. The lowest BCUT2D eigenvalue weighted by Crippen LogP contribution is -2.19. The van der Waals surface area contributed by atoms with Crippen LogP contribution in [0.2, 0.25) is 0 Å². The lowest BCUT2D eigenvalue weighted by atomic mass is 9.91. The zero-order valence-electron chi connectivity index (χ0n) is 25.2. The average Bonchev–Trinajstić information content (AvgIpc) is 3.07. The predicted molar refractivity (Wildman–Crippen MR) is 189 cm³/mol. The van der Waals surface area contributed by atoms with Crippen molar-refractivity contribution in [3.05, 3.63) is 162 Å². The van der Waals surface area contributed by atoms with Crippen LogP contribution in [0.4, 0.5) is 28.4 Å². The van der Waals surface area contributed by atoms with E-state index in [1.54, 1.807) is 0 Å². The van der Waals surface area contributed by atoms with Crippen molar-refractivity contribution in [3.63, 3.8) is 0 Å². The van der Waals surface area contributed by atoms with Crippen LogP contribution in [0.1, 0.15) is 25.3 Å². The number of aryl methyl sites for hydroxylation is 1. The summed E-state index contributed by atoms with van der Waals surface area (Å²) in [6.07, 6.45) is 6.92. The van der Waals surface area contributed by atoms with Crippen molar-refractivity contribution in [2.45, 2.75) is 26.7 Å². The lowest BCUT2D eigenvalue weighted by Gasteiger charge is -2.32. The van der Waals surface area contributed by atoms with Crippen LogP contribution in [0.5, 0.6) is 0 Å². The van der Waals surface area contributed by atoms with Crippen molar-refractivity contribution in [3.8, 4) is 0 Å². The predicted octanol–water partition coefficient (Wildman–Crippen LogP) is 12.1. The fourth-order valence-electron chi connectivity index (χ4n) is 7.00. The molecule has 0 spiro atoms. The van der Waals surface area contributed by atoms with Gasteiger partial charge in [0, 0.05) is 33.5 Å². The minimum Gasteiger partial charge on any atom is -0.310 e. The Labute approximate surface area is 259 Å². The van der Waals surface area contributed by atoms with Crippen LogP contribution in [0.15, 0.2) is 157 Å². The van der Waals surface area contributed by atoms with Gasteiger partial charge in [-0.2, -0.15) is 0 Å². The van der Waals surface area contributed by atoms with Crippen molar-refractivity contribution < 1.29 is 0 Å². The Balaban J connectivity index is 1.42. The second-order valence-corrected chi connectivity index (χ2v) is 11.8. The fraction of sp³-hybridized carbons (Fsp3) is 0.0952. The van der Waals surface area contributed by atoms with Crippen molar-refractivity contribution in [2.24, 2.45) is 0 Å². The van der Waals surface area contributed by atoms with E-state index in [0.717, 1.165) is 18.5 Å². The third-order valence-electron chi connectivity index (χ3n) is 9.09. The Bertz CT molecular complexity index is 2190. The number of allylic oxidation sites excluding steroid dienone is 3. The maximum atomic E-state index is 2.46. The van der Waals surface area contributed by atoms with Gasteiger partial charge < -0.3 is 9.80 Å². The van der Waals surface area contributed by atoms with E-state index in [2.05, 4.69) is 169 Å². The summed E-state index contributed by atoms with van der Waals surface area (Å²) in [5.41, 5.74) is 9.76. The van der Waals surface area contributed by atoms with Crippen molar-refractivity contribution in [1.82, 2.24) is 0 Å². The van der Waals surface area contributed by atoms with Gasteiger partial charge in [-0.25, -0.2) is 0 Å². The number of hydrogen-bond donors (Lipinski definition) is 0. The molecular weight excluding hydrogens is 532 g/mol. The second kappa shape index (κ2) is 10.7. The summed E-state index contributed by atoms with van der Waals surface area (Å²) in [5.74, 6) is 0. The molecule has 0 radical (unpaired) electrons. The monoisotopic (exact) mass is 566 g/mol. The van der Waals surface area contributed by atoms with Crippen molar-refractivity contribution in [2.75, 3.05) is 9.80 Å². The molecule has 0 heterocycles. The summed E-state index contributed by atoms with van der Waals surface area (Å²) in [7, 11) is 0. The first-order chi connectivity index (χ1) is 21.7. The second-order valence-electron chi connectivity index (χ2n) is 11.8. The first-order valence-corrected chi connectivity index (χ1v) is 15.5. The van der Waals surface area contributed by atoms with E-state index in [0.29, 0.717) is 0 Å². The highest BCUT2D eigenvalue weighted by Gasteiger charge is 2.23. The molecule has 0 atom stereocenters. The van der Waals surface area contributed by atoms with Gasteiger partial charge in [0.05, 0.1) is 11.4 Å². The first-order valence-electron chi connectivity index (χ1n) is 15.5. The van der Waals surface area contributed by atoms with Crippen LogP contribution in [0.3, 0.4) is 0 Å². The summed E-state index contributed by atoms with van der Waals surface area (Å²) in [6, 6.07) is 48.7. The van der Waals surface area contributed by atoms with Crippen LogP contribution in [0.25, 0.3) is 32.3 Å². The van der Waals surface area contributed by atoms with Crippen LogP contribution in [-0.4, -0.2) is 0 Å². The van der Waals surface area contributed by atoms with E-state index in [4.69, 9.17) is 0 Å². The molecule has 0 aliphatic heterocycles. The van der Waals surface area contributed by atoms with Crippen LogP contribution < -0.4 is 9.80 Å². The van der Waals surface area contributed by atoms with Gasteiger partial charge in [-0.05, 0) is 102 Å². The molecule has 0 amide bonds. The van der Waals surface area contributed by atoms with Gasteiger partial charge in [-0.15, -0.1) is 0 Å². The van der Waals surface area contributed by atoms with Crippen molar-refractivity contribution in [1.29, 1.82) is 0 Å². The quantitative estimate of drug-likeness (QED) is 0.185. The Kier molecular flexibility index (Phi) is 6.42. The zero-order chi connectivity index (χ0) is 29.6. The number of hydrogen-bond acceptors (Lipinski definition) is 2. The SMILES string of the molecule is CC1=CCCC=C1N(c1ccccc1)c1ccc2ccc3c(N(c4ccccc4)c4ccccc4C)ccc4ccc1c2c43. The molecule has 0 unspecified atom stereocenters. The third kappa shape index (κ3) is 4.26. The molecule has 0 aromatic heterocycles. The fourth-order valence-corrected chi connectivity index (χ4v) is 7.00. The van der Waals surface area contributed by atoms with Crippen LogP contribution >= 0.6 is 0 Å². The van der Waals surface area contributed by atoms with E-state index < -0.39 is 0 Å². The van der Waals surface area contributed by atoms with Gasteiger partial charge in [0.15, 0.2) is 0 Å². The molecule has 0 bridgehead atoms. The topological polar surface area (TPSA) is 6.48 Å². The van der Waals surface area contributed by atoms with Gasteiger partial charge in [-0.3, -0.25) is 0 Å². The molecule has 2 heteroatoms. The molecule has 0 N–H and O–H groups in total. The molecule has 44 heavy (non-hydrogen) atoms. The summed E-state index contributed by atoms with van der Waals surface area (Å²) in [6.45, 7) is 4.44. The summed E-state index contributed by atoms with van der Waals surface area (Å²) in [5, 5.41) is 7.67. The van der Waals surface area contributed by atoms with Crippen LogP contribution in [-0.2, 0) is 0 Å². The minimum atomic E-state index is 1.05. The molecule has 7 aromatic rings. The van der Waals surface area contributed by atoms with Crippen molar-refractivity contribution >= 4 is 60.8 Å². The zero-order valence-corrected chi connectivity index (χ0v) is 25.2. The Hall–Kier alpha value is -5.34. The normalized spacial score (nSPS) is 13.3. The highest BCUT2D eigenvalue weighted by molar-refractivity contribution is 6.28. The number of benzene rings is 7. The third-order valence-corrected chi connectivity index (χ3v) is 9.09. The molecule has 0 saturated carbocycles. The van der Waals surface area contributed by atoms with Crippen LogP contribution in [0, 0.1) is 6.92 Å². The number of nitrogens with zero attached hydrogens (tertiary/aromatic N) is 2. The van der Waals surface area contributed by atoms with E-state index in [1.165, 1.54) is 71.9 Å². The Morgan fingerprint density at radius 2 is 0.932 bits per heavy atom. The maximum Gasteiger partial charge on any atom is 0.0540 e. The summed E-state index contributed by atoms with van der Waals surface area (Å²) >= 11 is 0. The number of para-hydroxylation sites is 3. The van der Waals surface area contributed by atoms with Gasteiger partial charge >= 0.3 is 0 Å². The van der Waals surface area contributed by atoms with Gasteiger partial charge in [0.2, 0.25) is 0 Å². The van der Waals surface area contributed by atoms with E-state index in [1.807, 2.05) is 0 Å². The Morgan fingerprint density at radius 3 is 1.52 bits per heavy atom. The molecule has 0 fully saturated rings. The van der Waals surface area contributed by atoms with E-state index in [-0.39, 0.29) is 0 Å². The average molecular weight is 567 g/mol. The van der Waals surface area contributed by atoms with E-state index >= 15 is 0 Å². The molecule has 1 aliphatic carbocycles. The molecule has 7 aromatic carbocycles. The standard InChI is InChI=1S/C42H34N2/c1-29-13-9-11-19-37(29)43(33-15-5-3-6-16-33)39-27-23-31-22-26-36-40(28-24-32-21-25-35(39)41(31)42(32)36)44(34-17-7-4-8-18-34)38-20-12-10-14-30(38)2/h3-9,11,13-28H,10,12H2,1-2H3. The molecular formula is C42H34N2.